The molecule has 20 heavy (non-hydrogen) atoms. The molecule has 1 amide bonds. The number of benzene rings is 1. The number of carbonyl (C=O) groups excluding carboxylic acids is 1. The molecule has 0 aromatic heterocycles. The number of fused-ring (bicyclic) bond motifs is 1. The molecule has 104 valence electrons. The summed E-state index contributed by atoms with van der Waals surface area (Å²) in [7, 11) is 0. The van der Waals surface area contributed by atoms with Gasteiger partial charge in [0.05, 0.1) is 0 Å². The smallest absolute Gasteiger partial charge is 0.231 e. The SMILES string of the molecule is [N-]=[N+]=NCC1CC(=O)N(Cc2ccc3c(c2)OCO3)C1. The number of likely N-dealkylation sites (tertiary alicyclic amines) is 1. The molecule has 0 aliphatic carbocycles. The van der Waals surface area contributed by atoms with E-state index in [0.29, 0.717) is 26.1 Å². The van der Waals surface area contributed by atoms with Gasteiger partial charge in [-0.25, -0.2) is 0 Å². The maximum atomic E-state index is 11.9. The van der Waals surface area contributed by atoms with Gasteiger partial charge in [0.15, 0.2) is 11.5 Å². The molecule has 0 radical (unpaired) electrons. The maximum absolute atomic E-state index is 11.9. The predicted octanol–water partition coefficient (Wildman–Crippen LogP) is 2.07. The molecule has 1 fully saturated rings. The normalized spacial score (nSPS) is 20.1. The van der Waals surface area contributed by atoms with E-state index < -0.39 is 0 Å². The van der Waals surface area contributed by atoms with Crippen LogP contribution in [0.25, 0.3) is 10.4 Å². The van der Waals surface area contributed by atoms with E-state index in [1.54, 1.807) is 4.90 Å². The highest BCUT2D eigenvalue weighted by Crippen LogP contribution is 2.33. The highest BCUT2D eigenvalue weighted by atomic mass is 16.7. The highest BCUT2D eigenvalue weighted by Gasteiger charge is 2.29. The van der Waals surface area contributed by atoms with Crippen molar-refractivity contribution in [2.75, 3.05) is 19.9 Å². The summed E-state index contributed by atoms with van der Waals surface area (Å²) in [6.07, 6.45) is 0.448. The lowest BCUT2D eigenvalue weighted by Crippen LogP contribution is -2.24. The van der Waals surface area contributed by atoms with Crippen LogP contribution < -0.4 is 9.47 Å². The van der Waals surface area contributed by atoms with Crippen LogP contribution >= 0.6 is 0 Å². The first-order chi connectivity index (χ1) is 9.76. The van der Waals surface area contributed by atoms with E-state index in [2.05, 4.69) is 10.0 Å². The zero-order valence-corrected chi connectivity index (χ0v) is 10.9. The molecule has 0 N–H and O–H groups in total. The van der Waals surface area contributed by atoms with Gasteiger partial charge < -0.3 is 14.4 Å². The van der Waals surface area contributed by atoms with Crippen LogP contribution in [-0.2, 0) is 11.3 Å². The van der Waals surface area contributed by atoms with Gasteiger partial charge in [-0.15, -0.1) is 0 Å². The Labute approximate surface area is 115 Å². The Hall–Kier alpha value is -2.40. The van der Waals surface area contributed by atoms with Crippen molar-refractivity contribution >= 4 is 5.91 Å². The van der Waals surface area contributed by atoms with Crippen LogP contribution in [0.4, 0.5) is 0 Å². The van der Waals surface area contributed by atoms with Crippen molar-refractivity contribution in [3.63, 3.8) is 0 Å². The molecule has 1 saturated heterocycles. The van der Waals surface area contributed by atoms with E-state index in [0.717, 1.165) is 17.1 Å². The van der Waals surface area contributed by atoms with Gasteiger partial charge in [0.2, 0.25) is 12.7 Å². The molecule has 2 heterocycles. The molecule has 1 aromatic rings. The monoisotopic (exact) mass is 274 g/mol. The maximum Gasteiger partial charge on any atom is 0.231 e. The molecule has 0 saturated carbocycles. The van der Waals surface area contributed by atoms with E-state index in [-0.39, 0.29) is 18.6 Å². The first kappa shape index (κ1) is 12.6. The largest absolute Gasteiger partial charge is 0.454 e. The van der Waals surface area contributed by atoms with Crippen LogP contribution in [0.2, 0.25) is 0 Å². The molecule has 7 nitrogen and oxygen atoms in total. The lowest BCUT2D eigenvalue weighted by Gasteiger charge is -2.16. The molecule has 1 unspecified atom stereocenters. The summed E-state index contributed by atoms with van der Waals surface area (Å²) in [4.78, 5) is 16.4. The van der Waals surface area contributed by atoms with Crippen molar-refractivity contribution in [2.24, 2.45) is 11.0 Å². The minimum Gasteiger partial charge on any atom is -0.454 e. The molecule has 2 aliphatic heterocycles. The summed E-state index contributed by atoms with van der Waals surface area (Å²) in [5, 5.41) is 3.54. The van der Waals surface area contributed by atoms with Gasteiger partial charge in [-0.05, 0) is 29.1 Å². The Bertz CT molecular complexity index is 583. The van der Waals surface area contributed by atoms with Crippen LogP contribution in [0.3, 0.4) is 0 Å². The van der Waals surface area contributed by atoms with Crippen molar-refractivity contribution in [2.45, 2.75) is 13.0 Å². The van der Waals surface area contributed by atoms with E-state index >= 15 is 0 Å². The zero-order valence-electron chi connectivity index (χ0n) is 10.9. The van der Waals surface area contributed by atoms with Gasteiger partial charge in [-0.2, -0.15) is 0 Å². The third-order valence-electron chi connectivity index (χ3n) is 3.51. The van der Waals surface area contributed by atoms with Gasteiger partial charge in [-0.3, -0.25) is 4.79 Å². The summed E-state index contributed by atoms with van der Waals surface area (Å²) < 4.78 is 10.6. The van der Waals surface area contributed by atoms with Crippen molar-refractivity contribution in [3.05, 3.63) is 34.2 Å². The van der Waals surface area contributed by atoms with Crippen LogP contribution in [-0.4, -0.2) is 30.7 Å². The third-order valence-corrected chi connectivity index (χ3v) is 3.51. The fourth-order valence-electron chi connectivity index (χ4n) is 2.54. The van der Waals surface area contributed by atoms with E-state index in [1.165, 1.54) is 0 Å². The van der Waals surface area contributed by atoms with Crippen LogP contribution in [0.5, 0.6) is 11.5 Å². The number of hydrogen-bond acceptors (Lipinski definition) is 4. The molecule has 1 atom stereocenters. The standard InChI is InChI=1S/C13H14N4O3/c14-16-15-5-10-4-13(18)17(7-10)6-9-1-2-11-12(3-9)20-8-19-11/h1-3,10H,4-8H2. The van der Waals surface area contributed by atoms with Gasteiger partial charge in [-0.1, -0.05) is 11.2 Å². The topological polar surface area (TPSA) is 87.5 Å². The summed E-state index contributed by atoms with van der Waals surface area (Å²) in [6.45, 7) is 1.80. The molecular formula is C13H14N4O3. The number of ether oxygens (including phenoxy) is 2. The Morgan fingerprint density at radius 3 is 3.10 bits per heavy atom. The second kappa shape index (κ2) is 5.30. The van der Waals surface area contributed by atoms with Crippen molar-refractivity contribution in [1.29, 1.82) is 0 Å². The second-order valence-corrected chi connectivity index (χ2v) is 4.95. The Kier molecular flexibility index (Phi) is 3.35. The lowest BCUT2D eigenvalue weighted by molar-refractivity contribution is -0.128. The summed E-state index contributed by atoms with van der Waals surface area (Å²) in [5.74, 6) is 1.68. The fourth-order valence-corrected chi connectivity index (χ4v) is 2.54. The first-order valence-corrected chi connectivity index (χ1v) is 6.43. The molecular weight excluding hydrogens is 260 g/mol. The molecule has 0 spiro atoms. The van der Waals surface area contributed by atoms with E-state index in [1.807, 2.05) is 18.2 Å². The number of azide groups is 1. The minimum atomic E-state index is 0.0980. The summed E-state index contributed by atoms with van der Waals surface area (Å²) >= 11 is 0. The first-order valence-electron chi connectivity index (χ1n) is 6.43. The van der Waals surface area contributed by atoms with E-state index in [4.69, 9.17) is 15.0 Å². The fraction of sp³-hybridized carbons (Fsp3) is 0.462. The van der Waals surface area contributed by atoms with Gasteiger partial charge in [0.25, 0.3) is 0 Å². The van der Waals surface area contributed by atoms with Gasteiger partial charge in [0, 0.05) is 31.0 Å². The van der Waals surface area contributed by atoms with Crippen molar-refractivity contribution < 1.29 is 14.3 Å². The average molecular weight is 274 g/mol. The van der Waals surface area contributed by atoms with Crippen molar-refractivity contribution in [1.82, 2.24) is 4.90 Å². The van der Waals surface area contributed by atoms with Crippen LogP contribution in [0, 0.1) is 5.92 Å². The number of nitrogens with zero attached hydrogens (tertiary/aromatic N) is 4. The molecule has 7 heteroatoms. The second-order valence-electron chi connectivity index (χ2n) is 4.95. The van der Waals surface area contributed by atoms with Crippen LogP contribution in [0.15, 0.2) is 23.3 Å². The van der Waals surface area contributed by atoms with Crippen LogP contribution in [0.1, 0.15) is 12.0 Å². The lowest BCUT2D eigenvalue weighted by atomic mass is 10.1. The Morgan fingerprint density at radius 2 is 2.25 bits per heavy atom. The quantitative estimate of drug-likeness (QED) is 0.478. The number of carbonyl (C=O) groups is 1. The Morgan fingerprint density at radius 1 is 1.40 bits per heavy atom. The Balaban J connectivity index is 1.66. The molecule has 1 aromatic carbocycles. The zero-order chi connectivity index (χ0) is 13.9. The molecule has 3 rings (SSSR count). The molecule has 2 aliphatic rings. The summed E-state index contributed by atoms with van der Waals surface area (Å²) in [5.41, 5.74) is 9.32. The molecule has 0 bridgehead atoms. The van der Waals surface area contributed by atoms with Gasteiger partial charge in [0.1, 0.15) is 0 Å². The van der Waals surface area contributed by atoms with Crippen molar-refractivity contribution in [3.8, 4) is 11.5 Å². The number of hydrogen-bond donors (Lipinski definition) is 0. The number of amides is 1. The highest BCUT2D eigenvalue weighted by molar-refractivity contribution is 5.78. The third kappa shape index (κ3) is 2.48. The minimum absolute atomic E-state index is 0.0980. The van der Waals surface area contributed by atoms with Gasteiger partial charge >= 0.3 is 0 Å². The predicted molar refractivity (Wildman–Crippen MR) is 70.1 cm³/mol. The average Bonchev–Trinajstić information content (AvgIpc) is 3.03. The summed E-state index contributed by atoms with van der Waals surface area (Å²) in [6, 6.07) is 5.69. The van der Waals surface area contributed by atoms with E-state index in [9.17, 15) is 4.79 Å². The number of rotatable bonds is 4.